The maximum atomic E-state index is 12.7. The van der Waals surface area contributed by atoms with Gasteiger partial charge in [-0.1, -0.05) is 35.5 Å². The molecule has 0 aliphatic rings. The van der Waals surface area contributed by atoms with Crippen molar-refractivity contribution in [3.05, 3.63) is 72.2 Å². The Morgan fingerprint density at radius 2 is 1.88 bits per heavy atom. The molecule has 0 radical (unpaired) electrons. The van der Waals surface area contributed by atoms with E-state index in [0.717, 1.165) is 11.1 Å². The minimum Gasteiger partial charge on any atom is -0.395 e. The van der Waals surface area contributed by atoms with Crippen molar-refractivity contribution in [2.45, 2.75) is 6.54 Å². The van der Waals surface area contributed by atoms with Crippen molar-refractivity contribution in [1.29, 1.82) is 0 Å². The second-order valence-electron chi connectivity index (χ2n) is 5.25. The van der Waals surface area contributed by atoms with E-state index in [9.17, 15) is 9.90 Å². The summed E-state index contributed by atoms with van der Waals surface area (Å²) >= 11 is 0. The lowest BCUT2D eigenvalue weighted by molar-refractivity contribution is 0.0697. The minimum atomic E-state index is -0.281. The number of benzene rings is 1. The molecule has 0 bridgehead atoms. The van der Waals surface area contributed by atoms with Crippen LogP contribution < -0.4 is 0 Å². The number of aliphatic hydroxyl groups excluding tert-OH is 1. The maximum absolute atomic E-state index is 12.7. The van der Waals surface area contributed by atoms with Crippen LogP contribution in [0.4, 0.5) is 0 Å². The Balaban J connectivity index is 1.79. The topological polar surface area (TPSA) is 79.5 Å². The SMILES string of the molecule is O=C(c1cc(-c2ccncc2)on1)N(CCO)Cc1ccccc1. The quantitative estimate of drug-likeness (QED) is 0.753. The number of hydrogen-bond acceptors (Lipinski definition) is 5. The molecule has 2 aromatic heterocycles. The van der Waals surface area contributed by atoms with Crippen LogP contribution in [-0.2, 0) is 6.54 Å². The van der Waals surface area contributed by atoms with E-state index in [1.807, 2.05) is 30.3 Å². The number of hydrogen-bond donors (Lipinski definition) is 1. The second-order valence-corrected chi connectivity index (χ2v) is 5.25. The molecule has 0 spiro atoms. The first-order valence-corrected chi connectivity index (χ1v) is 7.59. The molecular formula is C18H17N3O3. The van der Waals surface area contributed by atoms with Gasteiger partial charge in [0.2, 0.25) is 0 Å². The van der Waals surface area contributed by atoms with E-state index >= 15 is 0 Å². The van der Waals surface area contributed by atoms with Gasteiger partial charge in [-0.15, -0.1) is 0 Å². The number of aromatic nitrogens is 2. The number of rotatable bonds is 6. The monoisotopic (exact) mass is 323 g/mol. The number of amides is 1. The largest absolute Gasteiger partial charge is 0.395 e. The summed E-state index contributed by atoms with van der Waals surface area (Å²) in [5.41, 5.74) is 2.00. The van der Waals surface area contributed by atoms with Crippen LogP contribution in [0, 0.1) is 0 Å². The molecule has 0 unspecified atom stereocenters. The molecule has 1 amide bonds. The van der Waals surface area contributed by atoms with Crippen molar-refractivity contribution in [1.82, 2.24) is 15.0 Å². The summed E-state index contributed by atoms with van der Waals surface area (Å²) < 4.78 is 5.26. The van der Waals surface area contributed by atoms with Crippen LogP contribution in [0.15, 0.2) is 65.4 Å². The molecule has 0 atom stereocenters. The van der Waals surface area contributed by atoms with Crippen molar-refractivity contribution in [2.24, 2.45) is 0 Å². The number of carbonyl (C=O) groups excluding carboxylic acids is 1. The van der Waals surface area contributed by atoms with Crippen LogP contribution in [0.25, 0.3) is 11.3 Å². The summed E-state index contributed by atoms with van der Waals surface area (Å²) in [5, 5.41) is 13.1. The molecule has 0 aliphatic heterocycles. The Kier molecular flexibility index (Phi) is 4.98. The fourth-order valence-electron chi connectivity index (χ4n) is 2.37. The molecule has 1 aromatic carbocycles. The molecule has 1 N–H and O–H groups in total. The lowest BCUT2D eigenvalue weighted by Crippen LogP contribution is -2.33. The minimum absolute atomic E-state index is 0.117. The Bertz CT molecular complexity index is 788. The van der Waals surface area contributed by atoms with Gasteiger partial charge in [0.15, 0.2) is 11.5 Å². The molecule has 6 nitrogen and oxygen atoms in total. The highest BCUT2D eigenvalue weighted by Crippen LogP contribution is 2.20. The van der Waals surface area contributed by atoms with Crippen LogP contribution in [0.3, 0.4) is 0 Å². The first-order chi connectivity index (χ1) is 11.8. The molecule has 0 fully saturated rings. The Morgan fingerprint density at radius 3 is 2.58 bits per heavy atom. The fraction of sp³-hybridized carbons (Fsp3) is 0.167. The van der Waals surface area contributed by atoms with Crippen LogP contribution >= 0.6 is 0 Å². The number of carbonyl (C=O) groups is 1. The number of aliphatic hydroxyl groups is 1. The molecule has 24 heavy (non-hydrogen) atoms. The highest BCUT2D eigenvalue weighted by Gasteiger charge is 2.20. The van der Waals surface area contributed by atoms with E-state index in [2.05, 4.69) is 10.1 Å². The molecule has 2 heterocycles. The third-order valence-corrected chi connectivity index (χ3v) is 3.57. The third kappa shape index (κ3) is 3.67. The predicted molar refractivity (Wildman–Crippen MR) is 88.0 cm³/mol. The first kappa shape index (κ1) is 15.9. The Morgan fingerprint density at radius 1 is 1.12 bits per heavy atom. The normalized spacial score (nSPS) is 10.5. The van der Waals surface area contributed by atoms with Crippen molar-refractivity contribution in [2.75, 3.05) is 13.2 Å². The average Bonchev–Trinajstić information content (AvgIpc) is 3.12. The van der Waals surface area contributed by atoms with Crippen molar-refractivity contribution in [3.63, 3.8) is 0 Å². The highest BCUT2D eigenvalue weighted by molar-refractivity contribution is 5.93. The van der Waals surface area contributed by atoms with Gasteiger partial charge in [-0.3, -0.25) is 9.78 Å². The number of nitrogens with zero attached hydrogens (tertiary/aromatic N) is 3. The molecule has 3 rings (SSSR count). The first-order valence-electron chi connectivity index (χ1n) is 7.59. The summed E-state index contributed by atoms with van der Waals surface area (Å²) in [4.78, 5) is 18.2. The van der Waals surface area contributed by atoms with E-state index in [4.69, 9.17) is 4.52 Å². The smallest absolute Gasteiger partial charge is 0.276 e. The molecule has 0 saturated heterocycles. The third-order valence-electron chi connectivity index (χ3n) is 3.57. The summed E-state index contributed by atoms with van der Waals surface area (Å²) in [6.45, 7) is 0.510. The zero-order valence-electron chi connectivity index (χ0n) is 13.0. The van der Waals surface area contributed by atoms with Gasteiger partial charge in [0.25, 0.3) is 5.91 Å². The van der Waals surface area contributed by atoms with Crippen molar-refractivity contribution < 1.29 is 14.4 Å². The van der Waals surface area contributed by atoms with E-state index in [1.54, 1.807) is 35.5 Å². The van der Waals surface area contributed by atoms with Gasteiger partial charge in [0.1, 0.15) is 0 Å². The predicted octanol–water partition coefficient (Wildman–Crippen LogP) is 2.37. The molecular weight excluding hydrogens is 306 g/mol. The van der Waals surface area contributed by atoms with E-state index in [-0.39, 0.29) is 24.8 Å². The highest BCUT2D eigenvalue weighted by atomic mass is 16.5. The van der Waals surface area contributed by atoms with Gasteiger partial charge in [0, 0.05) is 37.1 Å². The Hall–Kier alpha value is -2.99. The van der Waals surface area contributed by atoms with E-state index < -0.39 is 0 Å². The summed E-state index contributed by atoms with van der Waals surface area (Å²) in [5.74, 6) is 0.223. The van der Waals surface area contributed by atoms with Crippen LogP contribution in [0.2, 0.25) is 0 Å². The summed E-state index contributed by atoms with van der Waals surface area (Å²) in [7, 11) is 0. The van der Waals surface area contributed by atoms with E-state index in [0.29, 0.717) is 12.3 Å². The molecule has 6 heteroatoms. The van der Waals surface area contributed by atoms with Crippen LogP contribution in [0.1, 0.15) is 16.1 Å². The van der Waals surface area contributed by atoms with Gasteiger partial charge in [-0.2, -0.15) is 0 Å². The lowest BCUT2D eigenvalue weighted by atomic mass is 10.2. The average molecular weight is 323 g/mol. The zero-order valence-corrected chi connectivity index (χ0v) is 13.0. The maximum Gasteiger partial charge on any atom is 0.276 e. The lowest BCUT2D eigenvalue weighted by Gasteiger charge is -2.20. The van der Waals surface area contributed by atoms with Gasteiger partial charge < -0.3 is 14.5 Å². The molecule has 0 saturated carbocycles. The van der Waals surface area contributed by atoms with Crippen LogP contribution in [0.5, 0.6) is 0 Å². The van der Waals surface area contributed by atoms with E-state index in [1.165, 1.54) is 0 Å². The second kappa shape index (κ2) is 7.52. The zero-order chi connectivity index (χ0) is 16.8. The fourth-order valence-corrected chi connectivity index (χ4v) is 2.37. The molecule has 0 aliphatic carbocycles. The molecule has 122 valence electrons. The summed E-state index contributed by atoms with van der Waals surface area (Å²) in [6.07, 6.45) is 3.29. The van der Waals surface area contributed by atoms with Gasteiger partial charge in [0.05, 0.1) is 6.61 Å². The summed E-state index contributed by atoms with van der Waals surface area (Å²) in [6, 6.07) is 14.8. The number of pyridine rings is 1. The standard InChI is InChI=1S/C18H17N3O3/c22-11-10-21(13-14-4-2-1-3-5-14)18(23)16-12-17(24-20-16)15-6-8-19-9-7-15/h1-9,12,22H,10-11,13H2. The Labute approximate surface area is 139 Å². The van der Waals surface area contributed by atoms with Gasteiger partial charge in [-0.05, 0) is 17.7 Å². The van der Waals surface area contributed by atoms with Crippen LogP contribution in [-0.4, -0.2) is 39.2 Å². The molecule has 3 aromatic rings. The van der Waals surface area contributed by atoms with Crippen molar-refractivity contribution >= 4 is 5.91 Å². The van der Waals surface area contributed by atoms with Crippen molar-refractivity contribution in [3.8, 4) is 11.3 Å². The van der Waals surface area contributed by atoms with Gasteiger partial charge >= 0.3 is 0 Å². The van der Waals surface area contributed by atoms with Gasteiger partial charge in [-0.25, -0.2) is 0 Å².